The molecule has 0 aliphatic rings. The number of aromatic carboxylic acids is 1. The molecule has 0 atom stereocenters. The van der Waals surface area contributed by atoms with E-state index in [4.69, 9.17) is 22.4 Å². The number of hydrogen-bond acceptors (Lipinski definition) is 3. The quantitative estimate of drug-likeness (QED) is 0.840. The van der Waals surface area contributed by atoms with Crippen LogP contribution in [0.5, 0.6) is 0 Å². The number of carbonyl (C=O) groups is 1. The van der Waals surface area contributed by atoms with Gasteiger partial charge in [-0.15, -0.1) is 0 Å². The third-order valence-electron chi connectivity index (χ3n) is 2.28. The predicted octanol–water partition coefficient (Wildman–Crippen LogP) is 3.77. The van der Waals surface area contributed by atoms with Crippen molar-refractivity contribution >= 4 is 35.0 Å². The average Bonchev–Trinajstić information content (AvgIpc) is 2.32. The minimum Gasteiger partial charge on any atom is -0.478 e. The maximum absolute atomic E-state index is 11.1. The van der Waals surface area contributed by atoms with Crippen molar-refractivity contribution in [3.63, 3.8) is 0 Å². The fourth-order valence-electron chi connectivity index (χ4n) is 1.43. The van der Waals surface area contributed by atoms with Crippen LogP contribution in [0.25, 0.3) is 0 Å². The third kappa shape index (κ3) is 2.97. The van der Waals surface area contributed by atoms with Crippen LogP contribution in [0, 0.1) is 0 Å². The molecule has 3 N–H and O–H groups in total. The van der Waals surface area contributed by atoms with E-state index in [-0.39, 0.29) is 5.56 Å². The number of rotatable bonds is 3. The molecule has 0 aromatic heterocycles. The minimum atomic E-state index is -0.966. The topological polar surface area (TPSA) is 63.3 Å². The Kier molecular flexibility index (Phi) is 3.79. The van der Waals surface area contributed by atoms with E-state index in [0.717, 1.165) is 4.90 Å². The fourth-order valence-corrected chi connectivity index (χ4v) is 2.54. The van der Waals surface area contributed by atoms with Crippen molar-refractivity contribution < 1.29 is 9.90 Å². The highest BCUT2D eigenvalue weighted by Crippen LogP contribution is 2.32. The van der Waals surface area contributed by atoms with Gasteiger partial charge in [0.2, 0.25) is 0 Å². The second kappa shape index (κ2) is 5.33. The molecule has 5 heteroatoms. The normalized spacial score (nSPS) is 10.3. The molecule has 0 saturated heterocycles. The van der Waals surface area contributed by atoms with Gasteiger partial charge in [-0.2, -0.15) is 0 Å². The Morgan fingerprint density at radius 3 is 2.44 bits per heavy atom. The molecular formula is C13H10ClNO2S. The van der Waals surface area contributed by atoms with E-state index in [9.17, 15) is 4.79 Å². The van der Waals surface area contributed by atoms with E-state index in [1.807, 2.05) is 12.1 Å². The van der Waals surface area contributed by atoms with Crippen LogP contribution in [0.3, 0.4) is 0 Å². The van der Waals surface area contributed by atoms with Gasteiger partial charge in [0, 0.05) is 20.5 Å². The molecule has 0 amide bonds. The summed E-state index contributed by atoms with van der Waals surface area (Å²) < 4.78 is 0. The molecule has 2 aromatic rings. The molecule has 18 heavy (non-hydrogen) atoms. The first kappa shape index (κ1) is 12.8. The molecule has 92 valence electrons. The van der Waals surface area contributed by atoms with Crippen LogP contribution in [0.15, 0.2) is 52.3 Å². The van der Waals surface area contributed by atoms with Gasteiger partial charge in [-0.3, -0.25) is 0 Å². The van der Waals surface area contributed by atoms with Gasteiger partial charge < -0.3 is 10.8 Å². The molecule has 0 unspecified atom stereocenters. The van der Waals surface area contributed by atoms with Crippen molar-refractivity contribution in [2.75, 3.05) is 5.73 Å². The van der Waals surface area contributed by atoms with E-state index in [2.05, 4.69) is 0 Å². The first-order valence-corrected chi connectivity index (χ1v) is 6.32. The molecule has 0 bridgehead atoms. The highest BCUT2D eigenvalue weighted by atomic mass is 35.5. The van der Waals surface area contributed by atoms with Gasteiger partial charge in [0.15, 0.2) is 0 Å². The van der Waals surface area contributed by atoms with Crippen LogP contribution >= 0.6 is 23.4 Å². The van der Waals surface area contributed by atoms with Crippen LogP contribution in [-0.2, 0) is 0 Å². The molecule has 2 aromatic carbocycles. The van der Waals surface area contributed by atoms with Gasteiger partial charge >= 0.3 is 5.97 Å². The van der Waals surface area contributed by atoms with Crippen molar-refractivity contribution in [1.82, 2.24) is 0 Å². The zero-order chi connectivity index (χ0) is 13.1. The average molecular weight is 280 g/mol. The molecule has 0 aliphatic carbocycles. The minimum absolute atomic E-state index is 0.240. The Bertz CT molecular complexity index is 584. The summed E-state index contributed by atoms with van der Waals surface area (Å²) in [4.78, 5) is 12.6. The molecule has 0 spiro atoms. The number of halogens is 1. The summed E-state index contributed by atoms with van der Waals surface area (Å²) in [6.07, 6.45) is 0. The number of anilines is 1. The molecule has 0 saturated carbocycles. The third-order valence-corrected chi connectivity index (χ3v) is 3.60. The number of nitrogen functional groups attached to an aromatic ring is 1. The molecule has 3 nitrogen and oxygen atoms in total. The van der Waals surface area contributed by atoms with Crippen molar-refractivity contribution in [1.29, 1.82) is 0 Å². The molecule has 0 heterocycles. The Hall–Kier alpha value is -1.65. The first-order chi connectivity index (χ1) is 8.56. The lowest BCUT2D eigenvalue weighted by Gasteiger charge is -2.07. The van der Waals surface area contributed by atoms with Crippen molar-refractivity contribution in [3.05, 3.63) is 53.1 Å². The second-order valence-corrected chi connectivity index (χ2v) is 5.17. The van der Waals surface area contributed by atoms with Crippen LogP contribution in [0.2, 0.25) is 5.02 Å². The molecule has 0 fully saturated rings. The Labute approximate surface area is 114 Å². The van der Waals surface area contributed by atoms with Gasteiger partial charge in [-0.25, -0.2) is 4.79 Å². The zero-order valence-corrected chi connectivity index (χ0v) is 10.8. The van der Waals surface area contributed by atoms with E-state index in [1.54, 1.807) is 24.3 Å². The lowest BCUT2D eigenvalue weighted by atomic mass is 10.2. The van der Waals surface area contributed by atoms with E-state index >= 15 is 0 Å². The van der Waals surface area contributed by atoms with Crippen LogP contribution < -0.4 is 5.73 Å². The maximum atomic E-state index is 11.1. The highest BCUT2D eigenvalue weighted by molar-refractivity contribution is 7.99. The van der Waals surface area contributed by atoms with Gasteiger partial charge in [-0.1, -0.05) is 23.4 Å². The number of carboxylic acids is 1. The maximum Gasteiger partial charge on any atom is 0.336 e. The van der Waals surface area contributed by atoms with Crippen LogP contribution in [0.4, 0.5) is 5.69 Å². The van der Waals surface area contributed by atoms with Crippen molar-refractivity contribution in [2.24, 2.45) is 0 Å². The number of benzene rings is 2. The predicted molar refractivity (Wildman–Crippen MR) is 73.4 cm³/mol. The standard InChI is InChI=1S/C13H10ClNO2S/c14-8-1-4-10(5-2-8)18-12-7-9(15)3-6-11(12)13(16)17/h1-7H,15H2,(H,16,17). The lowest BCUT2D eigenvalue weighted by molar-refractivity contribution is 0.0693. The lowest BCUT2D eigenvalue weighted by Crippen LogP contribution is -1.99. The summed E-state index contributed by atoms with van der Waals surface area (Å²) in [6, 6.07) is 11.9. The Morgan fingerprint density at radius 2 is 1.83 bits per heavy atom. The summed E-state index contributed by atoms with van der Waals surface area (Å²) in [5.74, 6) is -0.966. The summed E-state index contributed by atoms with van der Waals surface area (Å²) >= 11 is 7.14. The van der Waals surface area contributed by atoms with Crippen molar-refractivity contribution in [3.8, 4) is 0 Å². The SMILES string of the molecule is Nc1ccc(C(=O)O)c(Sc2ccc(Cl)cc2)c1. The van der Waals surface area contributed by atoms with Crippen LogP contribution in [-0.4, -0.2) is 11.1 Å². The van der Waals surface area contributed by atoms with Gasteiger partial charge in [0.25, 0.3) is 0 Å². The molecule has 0 radical (unpaired) electrons. The van der Waals surface area contributed by atoms with Crippen molar-refractivity contribution in [2.45, 2.75) is 9.79 Å². The Morgan fingerprint density at radius 1 is 1.17 bits per heavy atom. The van der Waals surface area contributed by atoms with Gasteiger partial charge in [-0.05, 0) is 42.5 Å². The molecule has 2 rings (SSSR count). The number of carboxylic acid groups (broad SMARTS) is 1. The number of hydrogen-bond donors (Lipinski definition) is 2. The largest absolute Gasteiger partial charge is 0.478 e. The molecule has 0 aliphatic heterocycles. The zero-order valence-electron chi connectivity index (χ0n) is 9.26. The van der Waals surface area contributed by atoms with E-state index in [0.29, 0.717) is 15.6 Å². The van der Waals surface area contributed by atoms with Crippen LogP contribution in [0.1, 0.15) is 10.4 Å². The van der Waals surface area contributed by atoms with Gasteiger partial charge in [0.05, 0.1) is 5.56 Å². The Balaban J connectivity index is 2.35. The summed E-state index contributed by atoms with van der Waals surface area (Å²) in [5.41, 5.74) is 6.46. The number of nitrogens with two attached hydrogens (primary N) is 1. The molecular weight excluding hydrogens is 270 g/mol. The highest BCUT2D eigenvalue weighted by Gasteiger charge is 2.11. The second-order valence-electron chi connectivity index (χ2n) is 3.62. The first-order valence-electron chi connectivity index (χ1n) is 5.12. The summed E-state index contributed by atoms with van der Waals surface area (Å²) in [6.45, 7) is 0. The van der Waals surface area contributed by atoms with Gasteiger partial charge in [0.1, 0.15) is 0 Å². The summed E-state index contributed by atoms with van der Waals surface area (Å²) in [5, 5.41) is 9.75. The summed E-state index contributed by atoms with van der Waals surface area (Å²) in [7, 11) is 0. The monoisotopic (exact) mass is 279 g/mol. The van der Waals surface area contributed by atoms with E-state index < -0.39 is 5.97 Å². The smallest absolute Gasteiger partial charge is 0.336 e. The van der Waals surface area contributed by atoms with E-state index in [1.165, 1.54) is 17.8 Å². The fraction of sp³-hybridized carbons (Fsp3) is 0.